The third kappa shape index (κ3) is 3.30. The van der Waals surface area contributed by atoms with Crippen LogP contribution in [0.15, 0.2) is 0 Å². The molecule has 5 atom stereocenters. The fourth-order valence-corrected chi connectivity index (χ4v) is 2.25. The molecule has 1 saturated heterocycles. The smallest absolute Gasteiger partial charge is 0.174 e. The van der Waals surface area contributed by atoms with Gasteiger partial charge in [0.15, 0.2) is 6.29 Å². The zero-order valence-corrected chi connectivity index (χ0v) is 9.93. The maximum atomic E-state index is 9.73. The largest absolute Gasteiger partial charge is 0.394 e. The van der Waals surface area contributed by atoms with E-state index in [0.29, 0.717) is 0 Å². The monoisotopic (exact) mass is 253 g/mol. The second kappa shape index (κ2) is 6.75. The van der Waals surface area contributed by atoms with E-state index >= 15 is 0 Å². The van der Waals surface area contributed by atoms with Gasteiger partial charge in [-0.2, -0.15) is 0 Å². The first-order valence-electron chi connectivity index (χ1n) is 5.29. The molecule has 1 unspecified atom stereocenters. The van der Waals surface area contributed by atoms with Crippen LogP contribution >= 0.6 is 11.9 Å². The molecule has 0 aromatic carbocycles. The molecule has 1 aliphatic heterocycles. The molecule has 1 fully saturated rings. The van der Waals surface area contributed by atoms with Crippen molar-refractivity contribution < 1.29 is 25.2 Å². The fourth-order valence-electron chi connectivity index (χ4n) is 1.48. The summed E-state index contributed by atoms with van der Waals surface area (Å²) in [6.07, 6.45) is -3.59. The highest BCUT2D eigenvalue weighted by Crippen LogP contribution is 2.21. The van der Waals surface area contributed by atoms with Crippen LogP contribution in [0.5, 0.6) is 0 Å². The summed E-state index contributed by atoms with van der Waals surface area (Å²) in [6, 6.07) is -0.755. The van der Waals surface area contributed by atoms with Gasteiger partial charge in [-0.3, -0.25) is 4.72 Å². The summed E-state index contributed by atoms with van der Waals surface area (Å²) in [5, 5.41) is 37.8. The highest BCUT2D eigenvalue weighted by molar-refractivity contribution is 7.97. The SMILES string of the molecule is CCCSN[C@H]1C(O)O[C@H](CO)[C@H](O)[C@@H]1O. The van der Waals surface area contributed by atoms with Crippen LogP contribution in [-0.2, 0) is 4.74 Å². The van der Waals surface area contributed by atoms with Crippen molar-refractivity contribution in [3.63, 3.8) is 0 Å². The first-order chi connectivity index (χ1) is 7.61. The van der Waals surface area contributed by atoms with E-state index in [-0.39, 0.29) is 0 Å². The van der Waals surface area contributed by atoms with Crippen LogP contribution in [0.3, 0.4) is 0 Å². The van der Waals surface area contributed by atoms with Crippen molar-refractivity contribution in [2.45, 2.75) is 44.0 Å². The van der Waals surface area contributed by atoms with Gasteiger partial charge in [0.05, 0.1) is 12.6 Å². The molecule has 0 amide bonds. The number of rotatable bonds is 5. The summed E-state index contributed by atoms with van der Waals surface area (Å²) in [4.78, 5) is 0. The number of ether oxygens (including phenoxy) is 1. The Labute approximate surface area is 98.8 Å². The Morgan fingerprint density at radius 3 is 2.50 bits per heavy atom. The normalized spacial score (nSPS) is 39.9. The summed E-state index contributed by atoms with van der Waals surface area (Å²) in [7, 11) is 0. The molecule has 6 nitrogen and oxygen atoms in total. The Morgan fingerprint density at radius 1 is 1.25 bits per heavy atom. The molecule has 0 saturated carbocycles. The van der Waals surface area contributed by atoms with Gasteiger partial charge >= 0.3 is 0 Å². The van der Waals surface area contributed by atoms with Crippen molar-refractivity contribution in [3.8, 4) is 0 Å². The van der Waals surface area contributed by atoms with E-state index < -0.39 is 37.3 Å². The van der Waals surface area contributed by atoms with Crippen LogP contribution in [0.4, 0.5) is 0 Å². The molecule has 0 spiro atoms. The van der Waals surface area contributed by atoms with Crippen LogP contribution in [0.1, 0.15) is 13.3 Å². The number of hydrogen-bond donors (Lipinski definition) is 5. The van der Waals surface area contributed by atoms with Gasteiger partial charge in [0.2, 0.25) is 0 Å². The summed E-state index contributed by atoms with van der Waals surface area (Å²) < 4.78 is 7.83. The van der Waals surface area contributed by atoms with Crippen molar-refractivity contribution >= 4 is 11.9 Å². The maximum absolute atomic E-state index is 9.73. The Balaban J connectivity index is 2.50. The summed E-state index contributed by atoms with van der Waals surface area (Å²) in [5.74, 6) is 0.829. The third-order valence-electron chi connectivity index (χ3n) is 2.43. The van der Waals surface area contributed by atoms with Crippen molar-refractivity contribution in [2.24, 2.45) is 0 Å². The average Bonchev–Trinajstić information content (AvgIpc) is 2.28. The van der Waals surface area contributed by atoms with Crippen LogP contribution < -0.4 is 4.72 Å². The minimum atomic E-state index is -1.24. The maximum Gasteiger partial charge on any atom is 0.174 e. The van der Waals surface area contributed by atoms with Gasteiger partial charge < -0.3 is 25.2 Å². The Hall–Kier alpha value is 0.110. The molecular formula is C9H19NO5S. The van der Waals surface area contributed by atoms with Gasteiger partial charge in [-0.05, 0) is 6.42 Å². The van der Waals surface area contributed by atoms with Crippen molar-refractivity contribution in [1.29, 1.82) is 0 Å². The van der Waals surface area contributed by atoms with E-state index in [0.717, 1.165) is 12.2 Å². The lowest BCUT2D eigenvalue weighted by atomic mass is 9.98. The zero-order valence-electron chi connectivity index (χ0n) is 9.11. The first kappa shape index (κ1) is 14.2. The molecule has 1 aliphatic rings. The van der Waals surface area contributed by atoms with E-state index in [1.807, 2.05) is 6.92 Å². The van der Waals surface area contributed by atoms with Gasteiger partial charge in [0, 0.05) is 5.75 Å². The predicted octanol–water partition coefficient (Wildman–Crippen LogP) is -1.57. The van der Waals surface area contributed by atoms with Crippen molar-refractivity contribution in [3.05, 3.63) is 0 Å². The van der Waals surface area contributed by atoms with E-state index in [1.165, 1.54) is 11.9 Å². The van der Waals surface area contributed by atoms with Gasteiger partial charge in [0.25, 0.3) is 0 Å². The second-order valence-electron chi connectivity index (χ2n) is 3.72. The molecule has 0 radical (unpaired) electrons. The lowest BCUT2D eigenvalue weighted by molar-refractivity contribution is -0.251. The number of hydrogen-bond acceptors (Lipinski definition) is 7. The van der Waals surface area contributed by atoms with E-state index in [1.54, 1.807) is 0 Å². The summed E-state index contributed by atoms with van der Waals surface area (Å²) in [5.41, 5.74) is 0. The number of nitrogens with one attached hydrogen (secondary N) is 1. The molecule has 0 aliphatic carbocycles. The molecule has 0 aromatic rings. The van der Waals surface area contributed by atoms with E-state index in [2.05, 4.69) is 4.72 Å². The van der Waals surface area contributed by atoms with Gasteiger partial charge in [-0.15, -0.1) is 0 Å². The number of aliphatic hydroxyl groups excluding tert-OH is 4. The summed E-state index contributed by atoms with van der Waals surface area (Å²) in [6.45, 7) is 1.57. The third-order valence-corrected chi connectivity index (χ3v) is 3.48. The lowest BCUT2D eigenvalue weighted by Gasteiger charge is -2.40. The van der Waals surface area contributed by atoms with E-state index in [4.69, 9.17) is 9.84 Å². The molecular weight excluding hydrogens is 234 g/mol. The van der Waals surface area contributed by atoms with Crippen molar-refractivity contribution in [1.82, 2.24) is 4.72 Å². The predicted molar refractivity (Wildman–Crippen MR) is 59.7 cm³/mol. The van der Waals surface area contributed by atoms with Gasteiger partial charge in [0.1, 0.15) is 18.3 Å². The van der Waals surface area contributed by atoms with Crippen LogP contribution in [-0.4, -0.2) is 63.4 Å². The Kier molecular flexibility index (Phi) is 5.98. The highest BCUT2D eigenvalue weighted by Gasteiger charge is 2.43. The van der Waals surface area contributed by atoms with Crippen LogP contribution in [0.25, 0.3) is 0 Å². The Morgan fingerprint density at radius 2 is 1.94 bits per heavy atom. The van der Waals surface area contributed by atoms with Gasteiger partial charge in [-0.1, -0.05) is 18.9 Å². The quantitative estimate of drug-likeness (QED) is 0.298. The standard InChI is InChI=1S/C9H19NO5S/c1-2-3-16-10-6-8(13)7(12)5(4-11)15-9(6)14/h5-14H,2-4H2,1H3/t5-,6-,7+,8-,9?/m1/s1. The molecule has 96 valence electrons. The van der Waals surface area contributed by atoms with Gasteiger partial charge in [-0.25, -0.2) is 0 Å². The van der Waals surface area contributed by atoms with Crippen molar-refractivity contribution in [2.75, 3.05) is 12.4 Å². The lowest BCUT2D eigenvalue weighted by Crippen LogP contribution is -2.62. The minimum Gasteiger partial charge on any atom is -0.394 e. The molecule has 0 aromatic heterocycles. The number of aliphatic hydroxyl groups is 4. The molecule has 16 heavy (non-hydrogen) atoms. The summed E-state index contributed by atoms with van der Waals surface area (Å²) >= 11 is 1.35. The minimum absolute atomic E-state index is 0.440. The molecule has 1 rings (SSSR count). The molecule has 5 N–H and O–H groups in total. The fraction of sp³-hybridized carbons (Fsp3) is 1.00. The molecule has 1 heterocycles. The topological polar surface area (TPSA) is 102 Å². The van der Waals surface area contributed by atoms with E-state index in [9.17, 15) is 15.3 Å². The molecule has 7 heteroatoms. The zero-order chi connectivity index (χ0) is 12.1. The highest BCUT2D eigenvalue weighted by atomic mass is 32.2. The Bertz CT molecular complexity index is 208. The van der Waals surface area contributed by atoms with Crippen LogP contribution in [0, 0.1) is 0 Å². The van der Waals surface area contributed by atoms with Crippen LogP contribution in [0.2, 0.25) is 0 Å². The average molecular weight is 253 g/mol. The second-order valence-corrected chi connectivity index (χ2v) is 4.65. The molecule has 0 bridgehead atoms. The first-order valence-corrected chi connectivity index (χ1v) is 6.28.